The van der Waals surface area contributed by atoms with Gasteiger partial charge in [0.25, 0.3) is 5.19 Å². The molecule has 1 aromatic carbocycles. The number of hydrogen-bond acceptors (Lipinski definition) is 6. The van der Waals surface area contributed by atoms with Crippen LogP contribution in [-0.2, 0) is 11.2 Å². The number of nitrogens with one attached hydrogen (secondary N) is 1. The normalized spacial score (nSPS) is 23.6. The molecule has 1 amide bonds. The molecule has 0 aliphatic carbocycles. The Morgan fingerprint density at radius 1 is 1.20 bits per heavy atom. The molecule has 7 heteroatoms. The van der Waals surface area contributed by atoms with Gasteiger partial charge in [0, 0.05) is 37.8 Å². The Hall–Kier alpha value is -2.51. The number of ether oxygens (including phenoxy) is 1. The summed E-state index contributed by atoms with van der Waals surface area (Å²) >= 11 is 1.46. The first-order valence-corrected chi connectivity index (χ1v) is 11.5. The van der Waals surface area contributed by atoms with Crippen LogP contribution in [0.2, 0.25) is 0 Å². The number of fused-ring (bicyclic) bond motifs is 3. The van der Waals surface area contributed by atoms with Crippen molar-refractivity contribution < 1.29 is 9.53 Å². The number of benzene rings is 1. The fraction of sp³-hybridized carbons (Fsp3) is 0.435. The van der Waals surface area contributed by atoms with Gasteiger partial charge in [-0.25, -0.2) is 9.97 Å². The quantitative estimate of drug-likeness (QED) is 0.646. The van der Waals surface area contributed by atoms with Crippen LogP contribution < -0.4 is 10.1 Å². The third-order valence-corrected chi connectivity index (χ3v) is 7.08. The van der Waals surface area contributed by atoms with Crippen LogP contribution in [0.15, 0.2) is 42.6 Å². The van der Waals surface area contributed by atoms with Gasteiger partial charge in [0.05, 0.1) is 0 Å². The summed E-state index contributed by atoms with van der Waals surface area (Å²) in [6.07, 6.45) is 7.48. The maximum atomic E-state index is 11.4. The summed E-state index contributed by atoms with van der Waals surface area (Å²) in [5.74, 6) is 0.895. The summed E-state index contributed by atoms with van der Waals surface area (Å²) in [5, 5.41) is 3.74. The number of carbonyl (C=O) groups is 1. The zero-order valence-corrected chi connectivity index (χ0v) is 17.9. The summed E-state index contributed by atoms with van der Waals surface area (Å²) in [6.45, 7) is 2.70. The number of aromatic nitrogens is 2. The van der Waals surface area contributed by atoms with Crippen molar-refractivity contribution in [1.29, 1.82) is 0 Å². The third kappa shape index (κ3) is 4.18. The van der Waals surface area contributed by atoms with Gasteiger partial charge in [-0.2, -0.15) is 0 Å². The summed E-state index contributed by atoms with van der Waals surface area (Å²) in [7, 11) is 0. The van der Waals surface area contributed by atoms with Crippen molar-refractivity contribution in [2.75, 3.05) is 6.54 Å². The Balaban J connectivity index is 1.16. The minimum Gasteiger partial charge on any atom is -0.431 e. The third-order valence-electron chi connectivity index (χ3n) is 6.23. The molecule has 2 aliphatic rings. The van der Waals surface area contributed by atoms with Crippen molar-refractivity contribution in [2.45, 2.75) is 57.2 Å². The van der Waals surface area contributed by atoms with Crippen LogP contribution in [0, 0.1) is 0 Å². The van der Waals surface area contributed by atoms with E-state index in [0.717, 1.165) is 41.9 Å². The van der Waals surface area contributed by atoms with Crippen LogP contribution in [0.4, 0.5) is 0 Å². The lowest BCUT2D eigenvalue weighted by atomic mass is 9.96. The molecule has 2 bridgehead atoms. The van der Waals surface area contributed by atoms with Crippen molar-refractivity contribution in [1.82, 2.24) is 20.2 Å². The Morgan fingerprint density at radius 2 is 1.97 bits per heavy atom. The molecule has 2 fully saturated rings. The van der Waals surface area contributed by atoms with Gasteiger partial charge in [0.15, 0.2) is 0 Å². The van der Waals surface area contributed by atoms with Gasteiger partial charge in [0.2, 0.25) is 5.91 Å². The number of amides is 1. The van der Waals surface area contributed by atoms with E-state index in [1.54, 1.807) is 13.1 Å². The average Bonchev–Trinajstić information content (AvgIpc) is 3.24. The van der Waals surface area contributed by atoms with Crippen molar-refractivity contribution in [2.24, 2.45) is 0 Å². The van der Waals surface area contributed by atoms with Crippen molar-refractivity contribution in [3.63, 3.8) is 0 Å². The van der Waals surface area contributed by atoms with Crippen molar-refractivity contribution >= 4 is 27.6 Å². The fourth-order valence-electron chi connectivity index (χ4n) is 4.92. The predicted molar refractivity (Wildman–Crippen MR) is 118 cm³/mol. The van der Waals surface area contributed by atoms with Gasteiger partial charge in [-0.1, -0.05) is 23.5 Å². The predicted octanol–water partition coefficient (Wildman–Crippen LogP) is 4.16. The smallest absolute Gasteiger partial charge is 0.281 e. The van der Waals surface area contributed by atoms with Crippen LogP contribution in [0.3, 0.4) is 0 Å². The molecule has 0 saturated carbocycles. The topological polar surface area (TPSA) is 67.4 Å². The first-order chi connectivity index (χ1) is 14.6. The van der Waals surface area contributed by atoms with E-state index in [-0.39, 0.29) is 5.91 Å². The highest BCUT2D eigenvalue weighted by molar-refractivity contribution is 7.19. The Morgan fingerprint density at radius 3 is 2.67 bits per heavy atom. The summed E-state index contributed by atoms with van der Waals surface area (Å²) < 4.78 is 5.92. The Labute approximate surface area is 180 Å². The molecule has 0 radical (unpaired) electrons. The molecule has 2 aromatic heterocycles. The van der Waals surface area contributed by atoms with E-state index in [0.29, 0.717) is 23.3 Å². The van der Waals surface area contributed by atoms with Gasteiger partial charge in [-0.3, -0.25) is 9.69 Å². The van der Waals surface area contributed by atoms with Crippen LogP contribution >= 0.6 is 11.3 Å². The first-order valence-electron chi connectivity index (χ1n) is 10.7. The molecule has 156 valence electrons. The average molecular weight is 423 g/mol. The molecule has 4 heterocycles. The molecule has 5 rings (SSSR count). The van der Waals surface area contributed by atoms with Crippen LogP contribution in [0.1, 0.15) is 38.2 Å². The van der Waals surface area contributed by atoms with Gasteiger partial charge < -0.3 is 10.1 Å². The first kappa shape index (κ1) is 19.5. The lowest BCUT2D eigenvalue weighted by Gasteiger charge is -2.39. The molecule has 2 saturated heterocycles. The molecule has 30 heavy (non-hydrogen) atoms. The van der Waals surface area contributed by atoms with E-state index in [2.05, 4.69) is 32.3 Å². The summed E-state index contributed by atoms with van der Waals surface area (Å²) in [4.78, 5) is 23.7. The van der Waals surface area contributed by atoms with Gasteiger partial charge >= 0.3 is 0 Å². The van der Waals surface area contributed by atoms with E-state index >= 15 is 0 Å². The molecule has 0 spiro atoms. The largest absolute Gasteiger partial charge is 0.431 e. The van der Waals surface area contributed by atoms with Gasteiger partial charge in [-0.05, 0) is 61.9 Å². The molecule has 0 unspecified atom stereocenters. The van der Waals surface area contributed by atoms with Crippen LogP contribution in [0.25, 0.3) is 10.3 Å². The lowest BCUT2D eigenvalue weighted by Crippen LogP contribution is -2.50. The second kappa shape index (κ2) is 8.32. The van der Waals surface area contributed by atoms with E-state index in [1.807, 2.05) is 24.3 Å². The van der Waals surface area contributed by atoms with Gasteiger partial charge in [-0.15, -0.1) is 0 Å². The maximum Gasteiger partial charge on any atom is 0.281 e. The van der Waals surface area contributed by atoms with E-state index in [9.17, 15) is 4.79 Å². The van der Waals surface area contributed by atoms with Crippen LogP contribution in [0.5, 0.6) is 10.9 Å². The number of pyridine rings is 1. The second-order valence-electron chi connectivity index (χ2n) is 8.30. The number of nitrogens with zero attached hydrogens (tertiary/aromatic N) is 3. The molecular weight excluding hydrogens is 396 g/mol. The highest BCUT2D eigenvalue weighted by Crippen LogP contribution is 2.36. The summed E-state index contributed by atoms with van der Waals surface area (Å²) in [5.41, 5.74) is 2.18. The van der Waals surface area contributed by atoms with E-state index in [4.69, 9.17) is 4.74 Å². The molecule has 3 atom stereocenters. The number of rotatable bonds is 6. The molecule has 6 nitrogen and oxygen atoms in total. The van der Waals surface area contributed by atoms with Crippen LogP contribution in [-0.4, -0.2) is 45.4 Å². The second-order valence-corrected chi connectivity index (χ2v) is 9.24. The highest BCUT2D eigenvalue weighted by Gasteiger charge is 2.40. The van der Waals surface area contributed by atoms with E-state index in [1.165, 1.54) is 29.7 Å². The zero-order valence-electron chi connectivity index (χ0n) is 17.1. The SMILES string of the molecule is CC(=O)N[C@H]1C[C@H]2CC[C@@H](C1)N2CCc1ccc(Oc2nc3cccnc3s2)cc1. The molecule has 2 aliphatic heterocycles. The highest BCUT2D eigenvalue weighted by atomic mass is 32.1. The van der Waals surface area contributed by atoms with Gasteiger partial charge in [0.1, 0.15) is 16.1 Å². The fourth-order valence-corrected chi connectivity index (χ4v) is 5.70. The minimum absolute atomic E-state index is 0.0947. The summed E-state index contributed by atoms with van der Waals surface area (Å²) in [6, 6.07) is 13.7. The standard InChI is InChI=1S/C23H26N4O2S/c1-15(28)25-17-13-18-6-7-19(14-17)27(18)12-10-16-4-8-20(9-5-16)29-23-26-21-3-2-11-24-22(21)30-23/h2-5,8-9,11,17-19H,6-7,10,12-14H2,1H3,(H,25,28)/t17-,18+,19-. The number of thiazole rings is 1. The minimum atomic E-state index is 0.0947. The number of piperidine rings is 1. The Kier molecular flexibility index (Phi) is 5.39. The maximum absolute atomic E-state index is 11.4. The van der Waals surface area contributed by atoms with Crippen molar-refractivity contribution in [3.05, 3.63) is 48.2 Å². The zero-order chi connectivity index (χ0) is 20.5. The Bertz CT molecular complexity index is 988. The van der Waals surface area contributed by atoms with E-state index < -0.39 is 0 Å². The molecule has 3 aromatic rings. The van der Waals surface area contributed by atoms with Crippen molar-refractivity contribution in [3.8, 4) is 10.9 Å². The number of hydrogen-bond donors (Lipinski definition) is 1. The lowest BCUT2D eigenvalue weighted by molar-refractivity contribution is -0.120. The molecular formula is C23H26N4O2S. The molecule has 1 N–H and O–H groups in total. The number of carbonyl (C=O) groups excluding carboxylic acids is 1. The monoisotopic (exact) mass is 422 g/mol.